The Morgan fingerprint density at radius 2 is 1.79 bits per heavy atom. The van der Waals surface area contributed by atoms with Gasteiger partial charge in [-0.15, -0.1) is 12.4 Å². The van der Waals surface area contributed by atoms with Crippen LogP contribution in [0.4, 0.5) is 0 Å². The normalized spacial score (nSPS) is 9.58. The van der Waals surface area contributed by atoms with E-state index in [1.54, 1.807) is 12.1 Å². The van der Waals surface area contributed by atoms with E-state index >= 15 is 0 Å². The van der Waals surface area contributed by atoms with Crippen molar-refractivity contribution in [2.45, 2.75) is 20.3 Å². The molecule has 0 unspecified atom stereocenters. The molecule has 2 N–H and O–H groups in total. The van der Waals surface area contributed by atoms with E-state index in [0.717, 1.165) is 25.3 Å². The quantitative estimate of drug-likeness (QED) is 0.721. The van der Waals surface area contributed by atoms with Crippen molar-refractivity contribution in [1.82, 2.24) is 10.6 Å². The average molecular weight is 287 g/mol. The molecule has 0 bridgehead atoms. The molecule has 0 atom stereocenters. The Balaban J connectivity index is 0.00000324. The van der Waals surface area contributed by atoms with Gasteiger partial charge in [0.1, 0.15) is 5.75 Å². The molecule has 0 aromatic heterocycles. The SMILES string of the molecule is CCCNCCNC(=O)c1ccc(OCC)cc1.Cl. The molecule has 0 fully saturated rings. The van der Waals surface area contributed by atoms with Gasteiger partial charge in [-0.05, 0) is 44.2 Å². The fourth-order valence-corrected chi connectivity index (χ4v) is 1.54. The van der Waals surface area contributed by atoms with Gasteiger partial charge in [-0.1, -0.05) is 6.92 Å². The van der Waals surface area contributed by atoms with E-state index in [2.05, 4.69) is 17.6 Å². The van der Waals surface area contributed by atoms with E-state index in [1.807, 2.05) is 19.1 Å². The van der Waals surface area contributed by atoms with Gasteiger partial charge in [0.05, 0.1) is 6.61 Å². The van der Waals surface area contributed by atoms with Crippen LogP contribution in [0.15, 0.2) is 24.3 Å². The second kappa shape index (κ2) is 10.6. The highest BCUT2D eigenvalue weighted by molar-refractivity contribution is 5.94. The zero-order chi connectivity index (χ0) is 13.2. The topological polar surface area (TPSA) is 50.4 Å². The van der Waals surface area contributed by atoms with E-state index in [1.165, 1.54) is 0 Å². The molecule has 0 saturated carbocycles. The Labute approximate surface area is 121 Å². The van der Waals surface area contributed by atoms with Crippen LogP contribution >= 0.6 is 12.4 Å². The Kier molecular flexibility index (Phi) is 9.94. The Morgan fingerprint density at radius 1 is 1.11 bits per heavy atom. The van der Waals surface area contributed by atoms with Gasteiger partial charge in [0.15, 0.2) is 0 Å². The molecular weight excluding hydrogens is 264 g/mol. The number of ether oxygens (including phenoxy) is 1. The minimum Gasteiger partial charge on any atom is -0.494 e. The lowest BCUT2D eigenvalue weighted by molar-refractivity contribution is 0.0954. The van der Waals surface area contributed by atoms with Crippen LogP contribution in [0.3, 0.4) is 0 Å². The number of benzene rings is 1. The van der Waals surface area contributed by atoms with Gasteiger partial charge in [0.2, 0.25) is 0 Å². The van der Waals surface area contributed by atoms with Crippen LogP contribution in [0.5, 0.6) is 5.75 Å². The van der Waals surface area contributed by atoms with E-state index in [0.29, 0.717) is 18.7 Å². The first-order chi connectivity index (χ1) is 8.77. The summed E-state index contributed by atoms with van der Waals surface area (Å²) < 4.78 is 5.32. The van der Waals surface area contributed by atoms with Crippen molar-refractivity contribution < 1.29 is 9.53 Å². The van der Waals surface area contributed by atoms with Crippen LogP contribution in [-0.2, 0) is 0 Å². The van der Waals surface area contributed by atoms with E-state index in [-0.39, 0.29) is 18.3 Å². The van der Waals surface area contributed by atoms with Crippen LogP contribution < -0.4 is 15.4 Å². The Hall–Kier alpha value is -1.26. The first-order valence-electron chi connectivity index (χ1n) is 6.49. The summed E-state index contributed by atoms with van der Waals surface area (Å²) in [5, 5.41) is 6.10. The highest BCUT2D eigenvalue weighted by Gasteiger charge is 2.04. The lowest BCUT2D eigenvalue weighted by atomic mass is 10.2. The molecule has 0 radical (unpaired) electrons. The number of hydrogen-bond acceptors (Lipinski definition) is 3. The third-order valence-corrected chi connectivity index (χ3v) is 2.44. The number of carbonyl (C=O) groups is 1. The highest BCUT2D eigenvalue weighted by atomic mass is 35.5. The van der Waals surface area contributed by atoms with E-state index in [4.69, 9.17) is 4.74 Å². The fraction of sp³-hybridized carbons (Fsp3) is 0.500. The summed E-state index contributed by atoms with van der Waals surface area (Å²) in [6, 6.07) is 7.18. The van der Waals surface area contributed by atoms with Crippen molar-refractivity contribution in [3.05, 3.63) is 29.8 Å². The molecule has 0 aliphatic carbocycles. The van der Waals surface area contributed by atoms with Crippen LogP contribution in [0.25, 0.3) is 0 Å². The van der Waals surface area contributed by atoms with E-state index in [9.17, 15) is 4.79 Å². The molecule has 4 nitrogen and oxygen atoms in total. The summed E-state index contributed by atoms with van der Waals surface area (Å²) in [7, 11) is 0. The highest BCUT2D eigenvalue weighted by Crippen LogP contribution is 2.11. The summed E-state index contributed by atoms with van der Waals surface area (Å²) in [5.41, 5.74) is 0.661. The molecule has 108 valence electrons. The number of carbonyl (C=O) groups excluding carboxylic acids is 1. The van der Waals surface area contributed by atoms with Crippen LogP contribution in [-0.4, -0.2) is 32.1 Å². The van der Waals surface area contributed by atoms with Crippen molar-refractivity contribution in [3.63, 3.8) is 0 Å². The minimum atomic E-state index is -0.0450. The molecule has 0 aliphatic rings. The molecule has 0 saturated heterocycles. The number of rotatable bonds is 8. The average Bonchev–Trinajstić information content (AvgIpc) is 2.39. The second-order valence-electron chi connectivity index (χ2n) is 3.96. The lowest BCUT2D eigenvalue weighted by Gasteiger charge is -2.07. The van der Waals surface area contributed by atoms with Crippen molar-refractivity contribution in [2.24, 2.45) is 0 Å². The maximum atomic E-state index is 11.8. The van der Waals surface area contributed by atoms with E-state index < -0.39 is 0 Å². The molecule has 1 amide bonds. The summed E-state index contributed by atoms with van der Waals surface area (Å²) in [5.74, 6) is 0.745. The molecule has 5 heteroatoms. The van der Waals surface area contributed by atoms with Crippen molar-refractivity contribution in [2.75, 3.05) is 26.2 Å². The molecule has 19 heavy (non-hydrogen) atoms. The maximum absolute atomic E-state index is 11.8. The number of halogens is 1. The molecular formula is C14H23ClN2O2. The number of hydrogen-bond donors (Lipinski definition) is 2. The van der Waals surface area contributed by atoms with Crippen LogP contribution in [0.1, 0.15) is 30.6 Å². The Bertz CT molecular complexity index is 355. The smallest absolute Gasteiger partial charge is 0.251 e. The van der Waals surface area contributed by atoms with Gasteiger partial charge >= 0.3 is 0 Å². The summed E-state index contributed by atoms with van der Waals surface area (Å²) in [6.45, 7) is 7.12. The summed E-state index contributed by atoms with van der Waals surface area (Å²) in [6.07, 6.45) is 1.10. The monoisotopic (exact) mass is 286 g/mol. The molecule has 0 spiro atoms. The third-order valence-electron chi connectivity index (χ3n) is 2.44. The first-order valence-corrected chi connectivity index (χ1v) is 6.49. The zero-order valence-electron chi connectivity index (χ0n) is 11.6. The molecule has 0 heterocycles. The van der Waals surface area contributed by atoms with Crippen molar-refractivity contribution >= 4 is 18.3 Å². The van der Waals surface area contributed by atoms with Crippen LogP contribution in [0, 0.1) is 0 Å². The predicted octanol–water partition coefficient (Wildman–Crippen LogP) is 2.24. The number of amides is 1. The van der Waals surface area contributed by atoms with Crippen LogP contribution in [0.2, 0.25) is 0 Å². The van der Waals surface area contributed by atoms with Gasteiger partial charge in [0, 0.05) is 18.7 Å². The Morgan fingerprint density at radius 3 is 2.37 bits per heavy atom. The molecule has 1 aromatic rings. The molecule has 1 rings (SSSR count). The second-order valence-corrected chi connectivity index (χ2v) is 3.96. The standard InChI is InChI=1S/C14H22N2O2.ClH/c1-3-9-15-10-11-16-14(17)12-5-7-13(8-6-12)18-4-2;/h5-8,15H,3-4,9-11H2,1-2H3,(H,16,17);1H. The summed E-state index contributed by atoms with van der Waals surface area (Å²) in [4.78, 5) is 11.8. The van der Waals surface area contributed by atoms with Gasteiger partial charge in [0.25, 0.3) is 5.91 Å². The lowest BCUT2D eigenvalue weighted by Crippen LogP contribution is -2.32. The number of nitrogens with one attached hydrogen (secondary N) is 2. The fourth-order valence-electron chi connectivity index (χ4n) is 1.54. The first kappa shape index (κ1) is 17.7. The zero-order valence-corrected chi connectivity index (χ0v) is 12.4. The van der Waals surface area contributed by atoms with Gasteiger partial charge in [-0.3, -0.25) is 4.79 Å². The van der Waals surface area contributed by atoms with Crippen molar-refractivity contribution in [1.29, 1.82) is 0 Å². The van der Waals surface area contributed by atoms with Gasteiger partial charge < -0.3 is 15.4 Å². The summed E-state index contributed by atoms with van der Waals surface area (Å²) >= 11 is 0. The largest absolute Gasteiger partial charge is 0.494 e. The third kappa shape index (κ3) is 7.03. The maximum Gasteiger partial charge on any atom is 0.251 e. The minimum absolute atomic E-state index is 0. The van der Waals surface area contributed by atoms with Gasteiger partial charge in [-0.25, -0.2) is 0 Å². The van der Waals surface area contributed by atoms with Gasteiger partial charge in [-0.2, -0.15) is 0 Å². The predicted molar refractivity (Wildman–Crippen MR) is 80.4 cm³/mol. The molecule has 0 aliphatic heterocycles. The molecule has 1 aromatic carbocycles. The van der Waals surface area contributed by atoms with Crippen molar-refractivity contribution in [3.8, 4) is 5.75 Å².